The molecule has 0 heterocycles. The molecule has 0 unspecified atom stereocenters. The number of carboxylic acid groups (broad SMARTS) is 1. The van der Waals surface area contributed by atoms with Crippen LogP contribution < -0.4 is 5.48 Å². The fraction of sp³-hybridized carbons (Fsp3) is 0.235. The zero-order valence-corrected chi connectivity index (χ0v) is 12.6. The van der Waals surface area contributed by atoms with Gasteiger partial charge in [0.25, 0.3) is 0 Å². The van der Waals surface area contributed by atoms with Crippen LogP contribution in [-0.2, 0) is 22.7 Å². The van der Waals surface area contributed by atoms with Gasteiger partial charge in [0, 0.05) is 12.1 Å². The van der Waals surface area contributed by atoms with E-state index in [1.807, 2.05) is 30.3 Å². The van der Waals surface area contributed by atoms with Gasteiger partial charge in [-0.25, -0.2) is 13.2 Å². The summed E-state index contributed by atoms with van der Waals surface area (Å²) in [4.78, 5) is 16.2. The van der Waals surface area contributed by atoms with Gasteiger partial charge in [-0.3, -0.25) is 9.63 Å². The molecular formula is C17H16F3NO3. The molecular weight excluding hydrogens is 323 g/mol. The van der Waals surface area contributed by atoms with Crippen molar-refractivity contribution in [2.45, 2.75) is 25.5 Å². The predicted octanol–water partition coefficient (Wildman–Crippen LogP) is 3.21. The van der Waals surface area contributed by atoms with Gasteiger partial charge in [-0.15, -0.1) is 0 Å². The lowest BCUT2D eigenvalue weighted by Crippen LogP contribution is -2.33. The van der Waals surface area contributed by atoms with Crippen molar-refractivity contribution in [3.63, 3.8) is 0 Å². The quantitative estimate of drug-likeness (QED) is 0.573. The number of carboxylic acids is 1. The molecule has 4 nitrogen and oxygen atoms in total. The molecule has 0 radical (unpaired) electrons. The largest absolute Gasteiger partial charge is 0.481 e. The van der Waals surface area contributed by atoms with Gasteiger partial charge in [-0.2, -0.15) is 5.48 Å². The van der Waals surface area contributed by atoms with Crippen LogP contribution in [0.25, 0.3) is 0 Å². The van der Waals surface area contributed by atoms with Crippen molar-refractivity contribution < 1.29 is 27.9 Å². The zero-order chi connectivity index (χ0) is 17.5. The molecule has 1 atom stereocenters. The van der Waals surface area contributed by atoms with Crippen LogP contribution in [-0.4, -0.2) is 17.1 Å². The number of nitrogens with one attached hydrogen (secondary N) is 1. The summed E-state index contributed by atoms with van der Waals surface area (Å²) >= 11 is 0. The van der Waals surface area contributed by atoms with Crippen LogP contribution in [0.15, 0.2) is 42.5 Å². The van der Waals surface area contributed by atoms with E-state index >= 15 is 0 Å². The van der Waals surface area contributed by atoms with Gasteiger partial charge < -0.3 is 5.11 Å². The van der Waals surface area contributed by atoms with E-state index in [1.165, 1.54) is 0 Å². The third kappa shape index (κ3) is 5.36. The molecule has 0 saturated carbocycles. The number of hydrogen-bond acceptors (Lipinski definition) is 3. The Balaban J connectivity index is 2.00. The summed E-state index contributed by atoms with van der Waals surface area (Å²) in [5, 5.41) is 8.92. The Bertz CT molecular complexity index is 695. The number of halogens is 3. The molecule has 0 bridgehead atoms. The third-order valence-electron chi connectivity index (χ3n) is 3.31. The normalized spacial score (nSPS) is 12.1. The summed E-state index contributed by atoms with van der Waals surface area (Å²) in [5.74, 6) is -4.54. The second-order valence-electron chi connectivity index (χ2n) is 5.25. The molecule has 0 aliphatic heterocycles. The van der Waals surface area contributed by atoms with Crippen molar-refractivity contribution in [3.8, 4) is 0 Å². The maximum atomic E-state index is 13.7. The maximum Gasteiger partial charge on any atom is 0.305 e. The van der Waals surface area contributed by atoms with Crippen molar-refractivity contribution in [2.24, 2.45) is 0 Å². The van der Waals surface area contributed by atoms with E-state index in [9.17, 15) is 18.0 Å². The number of aliphatic carboxylic acids is 1. The van der Waals surface area contributed by atoms with E-state index in [0.717, 1.165) is 11.6 Å². The number of benzene rings is 2. The first-order valence-corrected chi connectivity index (χ1v) is 7.22. The fourth-order valence-corrected chi connectivity index (χ4v) is 2.17. The first kappa shape index (κ1) is 18.0. The second-order valence-corrected chi connectivity index (χ2v) is 5.25. The average Bonchev–Trinajstić information content (AvgIpc) is 2.53. The highest BCUT2D eigenvalue weighted by molar-refractivity contribution is 5.67. The lowest BCUT2D eigenvalue weighted by atomic mass is 10.0. The highest BCUT2D eigenvalue weighted by Crippen LogP contribution is 2.16. The third-order valence-corrected chi connectivity index (χ3v) is 3.31. The fourth-order valence-electron chi connectivity index (χ4n) is 2.17. The average molecular weight is 339 g/mol. The maximum absolute atomic E-state index is 13.7. The first-order valence-electron chi connectivity index (χ1n) is 7.22. The molecule has 2 rings (SSSR count). The first-order chi connectivity index (χ1) is 11.5. The van der Waals surface area contributed by atoms with Crippen LogP contribution in [0.5, 0.6) is 0 Å². The summed E-state index contributed by atoms with van der Waals surface area (Å²) in [6, 6.07) is 9.49. The summed E-state index contributed by atoms with van der Waals surface area (Å²) < 4.78 is 39.9. The van der Waals surface area contributed by atoms with E-state index in [1.54, 1.807) is 0 Å². The topological polar surface area (TPSA) is 58.6 Å². The standard InChI is InChI=1S/C17H16F3NO3/c18-14-9-16(20)15(19)7-12(14)6-13(8-17(22)23)21-24-10-11-4-2-1-3-5-11/h1-5,7,9,13,21H,6,8,10H2,(H,22,23)/t13-/m1/s1. The van der Waals surface area contributed by atoms with Gasteiger partial charge in [0.2, 0.25) is 0 Å². The van der Waals surface area contributed by atoms with Crippen LogP contribution in [0.4, 0.5) is 13.2 Å². The van der Waals surface area contributed by atoms with E-state index in [-0.39, 0.29) is 25.0 Å². The van der Waals surface area contributed by atoms with Crippen molar-refractivity contribution >= 4 is 5.97 Å². The van der Waals surface area contributed by atoms with Crippen LogP contribution >= 0.6 is 0 Å². The minimum absolute atomic E-state index is 0.129. The Hall–Kier alpha value is -2.38. The predicted molar refractivity (Wildman–Crippen MR) is 80.4 cm³/mol. The van der Waals surface area contributed by atoms with Gasteiger partial charge in [-0.1, -0.05) is 30.3 Å². The minimum atomic E-state index is -1.29. The number of rotatable bonds is 8. The molecule has 0 amide bonds. The molecule has 2 aromatic carbocycles. The van der Waals surface area contributed by atoms with E-state index < -0.39 is 29.5 Å². The van der Waals surface area contributed by atoms with E-state index in [2.05, 4.69) is 5.48 Å². The summed E-state index contributed by atoms with van der Waals surface area (Å²) in [6.07, 6.45) is -0.530. The number of hydrogen-bond donors (Lipinski definition) is 2. The van der Waals surface area contributed by atoms with Crippen LogP contribution in [0, 0.1) is 17.5 Å². The number of carbonyl (C=O) groups is 1. The Morgan fingerprint density at radius 3 is 2.42 bits per heavy atom. The molecule has 24 heavy (non-hydrogen) atoms. The highest BCUT2D eigenvalue weighted by atomic mass is 19.2. The van der Waals surface area contributed by atoms with Crippen LogP contribution in [0.1, 0.15) is 17.5 Å². The zero-order valence-electron chi connectivity index (χ0n) is 12.6. The Morgan fingerprint density at radius 2 is 1.75 bits per heavy atom. The molecule has 0 saturated heterocycles. The van der Waals surface area contributed by atoms with Gasteiger partial charge in [0.1, 0.15) is 5.82 Å². The number of hydroxylamine groups is 1. The van der Waals surface area contributed by atoms with Crippen molar-refractivity contribution in [1.29, 1.82) is 0 Å². The van der Waals surface area contributed by atoms with Crippen LogP contribution in [0.2, 0.25) is 0 Å². The lowest BCUT2D eigenvalue weighted by Gasteiger charge is -2.17. The lowest BCUT2D eigenvalue weighted by molar-refractivity contribution is -0.138. The molecule has 0 spiro atoms. The summed E-state index contributed by atoms with van der Waals surface area (Å²) in [5.41, 5.74) is 3.28. The molecule has 7 heteroatoms. The van der Waals surface area contributed by atoms with E-state index in [4.69, 9.17) is 9.94 Å². The Morgan fingerprint density at radius 1 is 1.08 bits per heavy atom. The summed E-state index contributed by atoms with van der Waals surface area (Å²) in [7, 11) is 0. The van der Waals surface area contributed by atoms with Gasteiger partial charge in [0.15, 0.2) is 11.6 Å². The molecule has 128 valence electrons. The summed E-state index contributed by atoms with van der Waals surface area (Å²) in [6.45, 7) is 0.178. The smallest absolute Gasteiger partial charge is 0.305 e. The van der Waals surface area contributed by atoms with Gasteiger partial charge in [0.05, 0.1) is 13.0 Å². The van der Waals surface area contributed by atoms with Crippen molar-refractivity contribution in [1.82, 2.24) is 5.48 Å². The molecule has 2 N–H and O–H groups in total. The van der Waals surface area contributed by atoms with Crippen molar-refractivity contribution in [3.05, 3.63) is 71.0 Å². The Labute approximate surface area is 136 Å². The monoisotopic (exact) mass is 339 g/mol. The molecule has 0 aromatic heterocycles. The SMILES string of the molecule is O=C(O)C[C@@H](Cc1cc(F)c(F)cc1F)NOCc1ccccc1. The van der Waals surface area contributed by atoms with Gasteiger partial charge >= 0.3 is 5.97 Å². The van der Waals surface area contributed by atoms with Gasteiger partial charge in [-0.05, 0) is 23.6 Å². The second kappa shape index (κ2) is 8.47. The molecule has 0 fully saturated rings. The molecule has 0 aliphatic rings. The van der Waals surface area contributed by atoms with E-state index in [0.29, 0.717) is 6.07 Å². The highest BCUT2D eigenvalue weighted by Gasteiger charge is 2.18. The minimum Gasteiger partial charge on any atom is -0.481 e. The van der Waals surface area contributed by atoms with Crippen LogP contribution in [0.3, 0.4) is 0 Å². The van der Waals surface area contributed by atoms with Crippen molar-refractivity contribution in [2.75, 3.05) is 0 Å². The Kier molecular flexibility index (Phi) is 6.34. The molecule has 2 aromatic rings. The molecule has 0 aliphatic carbocycles.